The number of aromatic nitrogens is 2. The van der Waals surface area contributed by atoms with Gasteiger partial charge in [-0.3, -0.25) is 4.79 Å². The Balaban J connectivity index is 1.64. The van der Waals surface area contributed by atoms with Crippen molar-refractivity contribution >= 4 is 6.09 Å². The van der Waals surface area contributed by atoms with Gasteiger partial charge in [-0.05, 0) is 30.3 Å². The van der Waals surface area contributed by atoms with Crippen LogP contribution < -0.4 is 10.3 Å². The smallest absolute Gasteiger partial charge is 0.407 e. The van der Waals surface area contributed by atoms with E-state index in [9.17, 15) is 9.59 Å². The number of carboxylic acid groups (broad SMARTS) is 1. The molecule has 2 aromatic rings. The molecule has 1 amide bonds. The van der Waals surface area contributed by atoms with Crippen LogP contribution >= 0.6 is 0 Å². The molecule has 0 bridgehead atoms. The Morgan fingerprint density at radius 1 is 1.17 bits per heavy atom. The molecule has 24 heavy (non-hydrogen) atoms. The minimum Gasteiger partial charge on any atom is -0.490 e. The SMILES string of the molecule is Cn1nc(-c2ccc(OC3CCN(C(=O)O)CC3)cc2)ccc1=O. The van der Waals surface area contributed by atoms with Crippen molar-refractivity contribution in [2.75, 3.05) is 13.1 Å². The minimum atomic E-state index is -0.873. The first-order chi connectivity index (χ1) is 11.5. The lowest BCUT2D eigenvalue weighted by atomic mass is 10.1. The molecule has 7 heteroatoms. The molecule has 2 heterocycles. The third kappa shape index (κ3) is 3.56. The van der Waals surface area contributed by atoms with Crippen molar-refractivity contribution in [2.45, 2.75) is 18.9 Å². The zero-order valence-electron chi connectivity index (χ0n) is 13.4. The predicted octanol–water partition coefficient (Wildman–Crippen LogP) is 1.97. The van der Waals surface area contributed by atoms with Gasteiger partial charge in [0.1, 0.15) is 11.9 Å². The number of nitrogens with zero attached hydrogens (tertiary/aromatic N) is 3. The van der Waals surface area contributed by atoms with Gasteiger partial charge in [0.15, 0.2) is 0 Å². The van der Waals surface area contributed by atoms with Gasteiger partial charge in [0.25, 0.3) is 5.56 Å². The molecule has 0 aliphatic carbocycles. The molecule has 7 nitrogen and oxygen atoms in total. The third-order valence-electron chi connectivity index (χ3n) is 4.13. The van der Waals surface area contributed by atoms with E-state index in [1.54, 1.807) is 13.1 Å². The van der Waals surface area contributed by atoms with Crippen molar-refractivity contribution in [1.82, 2.24) is 14.7 Å². The van der Waals surface area contributed by atoms with E-state index in [1.165, 1.54) is 15.6 Å². The number of rotatable bonds is 3. The molecule has 0 unspecified atom stereocenters. The fourth-order valence-electron chi connectivity index (χ4n) is 2.72. The molecule has 0 spiro atoms. The molecule has 1 aromatic carbocycles. The lowest BCUT2D eigenvalue weighted by Gasteiger charge is -2.30. The van der Waals surface area contributed by atoms with Crippen molar-refractivity contribution in [1.29, 1.82) is 0 Å². The van der Waals surface area contributed by atoms with Crippen molar-refractivity contribution in [2.24, 2.45) is 7.05 Å². The second-order valence-electron chi connectivity index (χ2n) is 5.79. The Kier molecular flexibility index (Phi) is 4.50. The number of carbonyl (C=O) groups is 1. The molecule has 1 fully saturated rings. The molecule has 1 aromatic heterocycles. The quantitative estimate of drug-likeness (QED) is 0.930. The number of likely N-dealkylation sites (tertiary alicyclic amines) is 1. The van der Waals surface area contributed by atoms with Crippen molar-refractivity contribution in [3.05, 3.63) is 46.8 Å². The van der Waals surface area contributed by atoms with Crippen LogP contribution in [0.3, 0.4) is 0 Å². The largest absolute Gasteiger partial charge is 0.490 e. The van der Waals surface area contributed by atoms with Crippen molar-refractivity contribution < 1.29 is 14.6 Å². The Morgan fingerprint density at radius 3 is 2.42 bits per heavy atom. The van der Waals surface area contributed by atoms with Crippen molar-refractivity contribution in [3.63, 3.8) is 0 Å². The van der Waals surface area contributed by atoms with Gasteiger partial charge >= 0.3 is 6.09 Å². The summed E-state index contributed by atoms with van der Waals surface area (Å²) < 4.78 is 7.22. The minimum absolute atomic E-state index is 0.0297. The molecule has 0 radical (unpaired) electrons. The van der Waals surface area contributed by atoms with Gasteiger partial charge in [-0.15, -0.1) is 0 Å². The molecule has 3 rings (SSSR count). The molecule has 126 valence electrons. The molecule has 1 saturated heterocycles. The first-order valence-electron chi connectivity index (χ1n) is 7.82. The normalized spacial score (nSPS) is 15.3. The van der Waals surface area contributed by atoms with E-state index >= 15 is 0 Å². The zero-order chi connectivity index (χ0) is 17.1. The van der Waals surface area contributed by atoms with Gasteiger partial charge in [-0.2, -0.15) is 5.10 Å². The van der Waals surface area contributed by atoms with Crippen molar-refractivity contribution in [3.8, 4) is 17.0 Å². The van der Waals surface area contributed by atoms with Crippen LogP contribution in [-0.4, -0.2) is 45.1 Å². The van der Waals surface area contributed by atoms with Gasteiger partial charge in [0.2, 0.25) is 0 Å². The predicted molar refractivity (Wildman–Crippen MR) is 88.2 cm³/mol. The second kappa shape index (κ2) is 6.74. The number of amides is 1. The summed E-state index contributed by atoms with van der Waals surface area (Å²) in [6, 6.07) is 10.7. The summed E-state index contributed by atoms with van der Waals surface area (Å²) in [6.45, 7) is 1.00. The standard InChI is InChI=1S/C17H19N3O4/c1-19-16(21)7-6-15(18-19)12-2-4-13(5-3-12)24-14-8-10-20(11-9-14)17(22)23/h2-7,14H,8-11H2,1H3,(H,22,23). The van der Waals surface area contributed by atoms with Gasteiger partial charge < -0.3 is 14.7 Å². The van der Waals surface area contributed by atoms with Gasteiger partial charge in [0.05, 0.1) is 5.69 Å². The Labute approximate surface area is 139 Å². The maximum absolute atomic E-state index is 11.4. The van der Waals surface area contributed by atoms with E-state index in [0.29, 0.717) is 25.9 Å². The highest BCUT2D eigenvalue weighted by atomic mass is 16.5. The Hall–Kier alpha value is -2.83. The van der Waals surface area contributed by atoms with E-state index in [2.05, 4.69) is 5.10 Å². The highest BCUT2D eigenvalue weighted by Crippen LogP contribution is 2.23. The molecule has 1 N–H and O–H groups in total. The number of hydrogen-bond acceptors (Lipinski definition) is 4. The highest BCUT2D eigenvalue weighted by molar-refractivity contribution is 5.65. The van der Waals surface area contributed by atoms with E-state index in [-0.39, 0.29) is 11.7 Å². The number of ether oxygens (including phenoxy) is 1. The van der Waals surface area contributed by atoms with E-state index < -0.39 is 6.09 Å². The summed E-state index contributed by atoms with van der Waals surface area (Å²) in [7, 11) is 1.62. The third-order valence-corrected chi connectivity index (χ3v) is 4.13. The molecule has 1 aliphatic heterocycles. The fraction of sp³-hybridized carbons (Fsp3) is 0.353. The molecule has 1 aliphatic rings. The number of aryl methyl sites for hydroxylation is 1. The van der Waals surface area contributed by atoms with E-state index in [1.807, 2.05) is 24.3 Å². The highest BCUT2D eigenvalue weighted by Gasteiger charge is 2.23. The molecule has 0 saturated carbocycles. The molecule has 0 atom stereocenters. The van der Waals surface area contributed by atoms with Crippen LogP contribution in [0.2, 0.25) is 0 Å². The van der Waals surface area contributed by atoms with E-state index in [4.69, 9.17) is 9.84 Å². The second-order valence-corrected chi connectivity index (χ2v) is 5.79. The lowest BCUT2D eigenvalue weighted by Crippen LogP contribution is -2.41. The summed E-state index contributed by atoms with van der Waals surface area (Å²) in [5.74, 6) is 0.748. The summed E-state index contributed by atoms with van der Waals surface area (Å²) in [4.78, 5) is 23.7. The number of benzene rings is 1. The summed E-state index contributed by atoms with van der Waals surface area (Å²) in [5.41, 5.74) is 1.48. The average Bonchev–Trinajstić information content (AvgIpc) is 2.58. The van der Waals surface area contributed by atoms with Crippen LogP contribution in [0.15, 0.2) is 41.2 Å². The maximum Gasteiger partial charge on any atom is 0.407 e. The first kappa shape index (κ1) is 16.0. The summed E-state index contributed by atoms with van der Waals surface area (Å²) in [5, 5.41) is 13.2. The van der Waals surface area contributed by atoms with Gasteiger partial charge in [-0.25, -0.2) is 9.48 Å². The topological polar surface area (TPSA) is 84.7 Å². The molecular weight excluding hydrogens is 310 g/mol. The van der Waals surface area contributed by atoms with Gasteiger partial charge in [0, 0.05) is 44.6 Å². The number of piperidine rings is 1. The first-order valence-corrected chi connectivity index (χ1v) is 7.82. The molecular formula is C17H19N3O4. The maximum atomic E-state index is 11.4. The Morgan fingerprint density at radius 2 is 1.83 bits per heavy atom. The van der Waals surface area contributed by atoms with E-state index in [0.717, 1.165) is 17.0 Å². The number of hydrogen-bond donors (Lipinski definition) is 1. The van der Waals surface area contributed by atoms with Crippen LogP contribution in [0.5, 0.6) is 5.75 Å². The zero-order valence-corrected chi connectivity index (χ0v) is 13.4. The summed E-state index contributed by atoms with van der Waals surface area (Å²) in [6.07, 6.45) is 0.539. The van der Waals surface area contributed by atoms with Crippen LogP contribution in [0, 0.1) is 0 Å². The lowest BCUT2D eigenvalue weighted by molar-refractivity contribution is 0.0895. The van der Waals surface area contributed by atoms with Crippen LogP contribution in [0.4, 0.5) is 4.79 Å². The monoisotopic (exact) mass is 329 g/mol. The fourth-order valence-corrected chi connectivity index (χ4v) is 2.72. The summed E-state index contributed by atoms with van der Waals surface area (Å²) >= 11 is 0. The van der Waals surface area contributed by atoms with Crippen LogP contribution in [0.25, 0.3) is 11.3 Å². The van der Waals surface area contributed by atoms with Crippen LogP contribution in [0.1, 0.15) is 12.8 Å². The average molecular weight is 329 g/mol. The Bertz CT molecular complexity index is 777. The van der Waals surface area contributed by atoms with Crippen LogP contribution in [-0.2, 0) is 7.05 Å². The van der Waals surface area contributed by atoms with Gasteiger partial charge in [-0.1, -0.05) is 0 Å².